The Labute approximate surface area is 129 Å². The summed E-state index contributed by atoms with van der Waals surface area (Å²) < 4.78 is 10.5. The number of hydrogen-bond donors (Lipinski definition) is 0. The Morgan fingerprint density at radius 2 is 1.65 bits per heavy atom. The molecule has 0 saturated carbocycles. The minimum absolute atomic E-state index is 0.0778. The number of carbonyl (C=O) groups excluding carboxylic acids is 1. The van der Waals surface area contributed by atoms with Crippen LogP contribution in [0.15, 0.2) is 36.4 Å². The van der Waals surface area contributed by atoms with Gasteiger partial charge in [0.1, 0.15) is 6.29 Å². The van der Waals surface area contributed by atoms with Crippen molar-refractivity contribution in [1.82, 2.24) is 0 Å². The lowest BCUT2D eigenvalue weighted by atomic mass is 10.2. The van der Waals surface area contributed by atoms with Crippen LogP contribution >= 0.6 is 0 Å². The Morgan fingerprint density at radius 3 is 2.22 bits per heavy atom. The summed E-state index contributed by atoms with van der Waals surface area (Å²) in [5.74, 6) is 0.124. The maximum absolute atomic E-state index is 11.1. The number of rotatable bonds is 6. The third kappa shape index (κ3) is 3.40. The number of carbonyl (C=O) groups is 1. The molecule has 0 aliphatic heterocycles. The molecule has 0 N–H and O–H groups in total. The second-order valence-corrected chi connectivity index (χ2v) is 4.30. The number of non-ortho nitro benzene ring substituents is 1. The first-order chi connectivity index (χ1) is 11.0. The summed E-state index contributed by atoms with van der Waals surface area (Å²) in [5.41, 5.74) is -0.721. The Balaban J connectivity index is 2.49. The van der Waals surface area contributed by atoms with Gasteiger partial charge in [0.2, 0.25) is 5.75 Å². The lowest BCUT2D eigenvalue weighted by Gasteiger charge is -2.10. The highest BCUT2D eigenvalue weighted by atomic mass is 16.6. The van der Waals surface area contributed by atoms with Crippen LogP contribution in [0.3, 0.4) is 0 Å². The van der Waals surface area contributed by atoms with Crippen LogP contribution in [0.1, 0.15) is 10.4 Å². The Hall–Kier alpha value is -3.49. The van der Waals surface area contributed by atoms with Crippen molar-refractivity contribution in [2.45, 2.75) is 0 Å². The number of nitrogens with zero attached hydrogens (tertiary/aromatic N) is 2. The van der Waals surface area contributed by atoms with E-state index in [0.29, 0.717) is 6.29 Å². The summed E-state index contributed by atoms with van der Waals surface area (Å²) in [6.45, 7) is 0. The topological polar surface area (TPSA) is 122 Å². The van der Waals surface area contributed by atoms with E-state index in [0.717, 1.165) is 18.2 Å². The van der Waals surface area contributed by atoms with E-state index in [4.69, 9.17) is 9.47 Å². The second-order valence-electron chi connectivity index (χ2n) is 4.30. The standard InChI is InChI=1S/C14H10N2O7/c1-22-13-4-2-9(8-17)6-14(13)23-12-5-3-10(15(18)19)7-11(12)16(20)21/h2-8H,1H3. The third-order valence-corrected chi connectivity index (χ3v) is 2.89. The molecule has 0 radical (unpaired) electrons. The zero-order valence-electron chi connectivity index (χ0n) is 11.8. The molecular weight excluding hydrogens is 308 g/mol. The zero-order valence-corrected chi connectivity index (χ0v) is 11.8. The number of nitro benzene ring substituents is 2. The number of ether oxygens (including phenoxy) is 2. The summed E-state index contributed by atoms with van der Waals surface area (Å²) in [6.07, 6.45) is 0.580. The maximum Gasteiger partial charge on any atom is 0.318 e. The van der Waals surface area contributed by atoms with Crippen LogP contribution in [0.5, 0.6) is 17.2 Å². The van der Waals surface area contributed by atoms with Gasteiger partial charge in [-0.2, -0.15) is 0 Å². The molecule has 2 aromatic carbocycles. The van der Waals surface area contributed by atoms with E-state index in [1.807, 2.05) is 0 Å². The number of methoxy groups -OCH3 is 1. The van der Waals surface area contributed by atoms with Crippen molar-refractivity contribution in [3.8, 4) is 17.2 Å². The number of benzene rings is 2. The lowest BCUT2D eigenvalue weighted by molar-refractivity contribution is -0.394. The summed E-state index contributed by atoms with van der Waals surface area (Å²) >= 11 is 0. The SMILES string of the molecule is COc1ccc(C=O)cc1Oc1ccc([N+](=O)[O-])cc1[N+](=O)[O-]. The highest BCUT2D eigenvalue weighted by Crippen LogP contribution is 2.38. The van der Waals surface area contributed by atoms with Crippen LogP contribution in [-0.2, 0) is 0 Å². The molecule has 0 heterocycles. The molecule has 0 bridgehead atoms. The summed E-state index contributed by atoms with van der Waals surface area (Å²) in [4.78, 5) is 31.1. The van der Waals surface area contributed by atoms with Crippen molar-refractivity contribution < 1.29 is 24.1 Å². The fourth-order valence-corrected chi connectivity index (χ4v) is 1.81. The number of aldehydes is 1. The van der Waals surface area contributed by atoms with E-state index in [2.05, 4.69) is 0 Å². The van der Waals surface area contributed by atoms with Crippen LogP contribution in [-0.4, -0.2) is 23.2 Å². The zero-order chi connectivity index (χ0) is 17.0. The normalized spacial score (nSPS) is 9.96. The predicted molar refractivity (Wildman–Crippen MR) is 78.2 cm³/mol. The average molecular weight is 318 g/mol. The Bertz CT molecular complexity index is 789. The van der Waals surface area contributed by atoms with E-state index in [1.165, 1.54) is 25.3 Å². The van der Waals surface area contributed by atoms with E-state index >= 15 is 0 Å². The van der Waals surface area contributed by atoms with Gasteiger partial charge in [0.15, 0.2) is 11.5 Å². The molecule has 0 atom stereocenters. The van der Waals surface area contributed by atoms with Gasteiger partial charge in [0.25, 0.3) is 5.69 Å². The van der Waals surface area contributed by atoms with Gasteiger partial charge in [-0.15, -0.1) is 0 Å². The molecular formula is C14H10N2O7. The Morgan fingerprint density at radius 1 is 0.957 bits per heavy atom. The molecule has 2 rings (SSSR count). The third-order valence-electron chi connectivity index (χ3n) is 2.89. The van der Waals surface area contributed by atoms with Gasteiger partial charge in [0, 0.05) is 11.6 Å². The van der Waals surface area contributed by atoms with Crippen LogP contribution in [0.4, 0.5) is 11.4 Å². The molecule has 0 saturated heterocycles. The number of nitro groups is 2. The molecule has 0 unspecified atom stereocenters. The van der Waals surface area contributed by atoms with Crippen molar-refractivity contribution >= 4 is 17.7 Å². The minimum Gasteiger partial charge on any atom is -0.493 e. The first-order valence-electron chi connectivity index (χ1n) is 6.20. The summed E-state index contributed by atoms with van der Waals surface area (Å²) in [5, 5.41) is 21.8. The lowest BCUT2D eigenvalue weighted by Crippen LogP contribution is -1.97. The van der Waals surface area contributed by atoms with Crippen molar-refractivity contribution in [2.24, 2.45) is 0 Å². The highest BCUT2D eigenvalue weighted by Gasteiger charge is 2.22. The largest absolute Gasteiger partial charge is 0.493 e. The molecule has 9 heteroatoms. The van der Waals surface area contributed by atoms with Crippen LogP contribution < -0.4 is 9.47 Å². The second kappa shape index (κ2) is 6.52. The first kappa shape index (κ1) is 15.9. The monoisotopic (exact) mass is 318 g/mol. The molecule has 23 heavy (non-hydrogen) atoms. The molecule has 2 aromatic rings. The van der Waals surface area contributed by atoms with Gasteiger partial charge in [-0.3, -0.25) is 25.0 Å². The molecule has 0 aromatic heterocycles. The van der Waals surface area contributed by atoms with Crippen molar-refractivity contribution in [2.75, 3.05) is 7.11 Å². The van der Waals surface area contributed by atoms with E-state index < -0.39 is 21.2 Å². The fourth-order valence-electron chi connectivity index (χ4n) is 1.81. The molecule has 0 aliphatic rings. The predicted octanol–water partition coefficient (Wildman–Crippen LogP) is 3.12. The molecule has 0 fully saturated rings. The van der Waals surface area contributed by atoms with Gasteiger partial charge in [-0.25, -0.2) is 0 Å². The van der Waals surface area contributed by atoms with Gasteiger partial charge < -0.3 is 9.47 Å². The molecule has 118 valence electrons. The van der Waals surface area contributed by atoms with Crippen LogP contribution in [0.25, 0.3) is 0 Å². The van der Waals surface area contributed by atoms with Crippen molar-refractivity contribution in [3.05, 3.63) is 62.2 Å². The summed E-state index contributed by atoms with van der Waals surface area (Å²) in [7, 11) is 1.37. The van der Waals surface area contributed by atoms with E-state index in [9.17, 15) is 25.0 Å². The molecule has 0 spiro atoms. The number of hydrogen-bond acceptors (Lipinski definition) is 7. The molecule has 9 nitrogen and oxygen atoms in total. The minimum atomic E-state index is -0.793. The van der Waals surface area contributed by atoms with Gasteiger partial charge in [0.05, 0.1) is 23.0 Å². The summed E-state index contributed by atoms with van der Waals surface area (Å²) in [6, 6.07) is 7.29. The smallest absolute Gasteiger partial charge is 0.318 e. The van der Waals surface area contributed by atoms with Crippen molar-refractivity contribution in [1.29, 1.82) is 0 Å². The quantitative estimate of drug-likeness (QED) is 0.455. The van der Waals surface area contributed by atoms with Gasteiger partial charge in [-0.05, 0) is 24.3 Å². The average Bonchev–Trinajstić information content (AvgIpc) is 2.54. The van der Waals surface area contributed by atoms with Gasteiger partial charge >= 0.3 is 5.69 Å². The first-order valence-corrected chi connectivity index (χ1v) is 6.20. The Kier molecular flexibility index (Phi) is 4.50. The van der Waals surface area contributed by atoms with E-state index in [1.54, 1.807) is 0 Å². The highest BCUT2D eigenvalue weighted by molar-refractivity contribution is 5.76. The van der Waals surface area contributed by atoms with Crippen LogP contribution in [0, 0.1) is 20.2 Å². The fraction of sp³-hybridized carbons (Fsp3) is 0.0714. The van der Waals surface area contributed by atoms with Crippen LogP contribution in [0.2, 0.25) is 0 Å². The van der Waals surface area contributed by atoms with E-state index in [-0.39, 0.29) is 22.8 Å². The van der Waals surface area contributed by atoms with Crippen molar-refractivity contribution in [3.63, 3.8) is 0 Å². The molecule has 0 amide bonds. The molecule has 0 aliphatic carbocycles. The maximum atomic E-state index is 11.1. The van der Waals surface area contributed by atoms with Gasteiger partial charge in [-0.1, -0.05) is 0 Å².